The summed E-state index contributed by atoms with van der Waals surface area (Å²) in [7, 11) is 0. The standard InChI is InChI=1S/C15H19N3/c1-3-18-13(8-11(2)17-18)9-15-14-7-5-4-6-12(14)10-16-15/h4-8,15-16H,3,9-10H2,1-2H3. The molecule has 0 spiro atoms. The van der Waals surface area contributed by atoms with Crippen molar-refractivity contribution in [1.29, 1.82) is 0 Å². The average molecular weight is 241 g/mol. The summed E-state index contributed by atoms with van der Waals surface area (Å²) in [6, 6.07) is 11.3. The van der Waals surface area contributed by atoms with Gasteiger partial charge < -0.3 is 5.32 Å². The summed E-state index contributed by atoms with van der Waals surface area (Å²) >= 11 is 0. The third-order valence-electron chi connectivity index (χ3n) is 3.67. The number of rotatable bonds is 3. The molecule has 1 aromatic carbocycles. The highest BCUT2D eigenvalue weighted by atomic mass is 15.3. The van der Waals surface area contributed by atoms with Crippen LogP contribution in [0.4, 0.5) is 0 Å². The van der Waals surface area contributed by atoms with E-state index in [2.05, 4.69) is 59.3 Å². The van der Waals surface area contributed by atoms with Crippen LogP contribution in [0.25, 0.3) is 0 Å². The van der Waals surface area contributed by atoms with Gasteiger partial charge in [-0.3, -0.25) is 4.68 Å². The second-order valence-electron chi connectivity index (χ2n) is 4.93. The van der Waals surface area contributed by atoms with Gasteiger partial charge >= 0.3 is 0 Å². The summed E-state index contributed by atoms with van der Waals surface area (Å²) < 4.78 is 2.11. The maximum Gasteiger partial charge on any atom is 0.0596 e. The third kappa shape index (κ3) is 1.95. The van der Waals surface area contributed by atoms with Gasteiger partial charge in [0.1, 0.15) is 0 Å². The molecule has 94 valence electrons. The van der Waals surface area contributed by atoms with Gasteiger partial charge in [-0.05, 0) is 31.0 Å². The maximum atomic E-state index is 4.52. The Bertz CT molecular complexity index is 557. The molecule has 0 saturated carbocycles. The van der Waals surface area contributed by atoms with Gasteiger partial charge in [0, 0.05) is 31.2 Å². The quantitative estimate of drug-likeness (QED) is 0.895. The van der Waals surface area contributed by atoms with Crippen LogP contribution in [0, 0.1) is 6.92 Å². The number of fused-ring (bicyclic) bond motifs is 1. The van der Waals surface area contributed by atoms with Crippen LogP contribution in [0.15, 0.2) is 30.3 Å². The Morgan fingerprint density at radius 2 is 2.22 bits per heavy atom. The average Bonchev–Trinajstić information content (AvgIpc) is 2.94. The van der Waals surface area contributed by atoms with Crippen molar-refractivity contribution in [3.63, 3.8) is 0 Å². The molecule has 1 aliphatic heterocycles. The molecule has 0 radical (unpaired) electrons. The van der Waals surface area contributed by atoms with Crippen LogP contribution in [0.5, 0.6) is 0 Å². The predicted molar refractivity (Wildman–Crippen MR) is 72.4 cm³/mol. The first-order valence-corrected chi connectivity index (χ1v) is 6.62. The molecule has 1 aromatic heterocycles. The first-order valence-electron chi connectivity index (χ1n) is 6.62. The maximum absolute atomic E-state index is 4.52. The molecule has 0 fully saturated rings. The molecule has 1 aliphatic rings. The molecule has 0 amide bonds. The van der Waals surface area contributed by atoms with Crippen molar-refractivity contribution in [2.45, 2.75) is 39.4 Å². The molecule has 0 saturated heterocycles. The molecule has 3 heteroatoms. The minimum atomic E-state index is 0.433. The molecule has 0 aliphatic carbocycles. The summed E-state index contributed by atoms with van der Waals surface area (Å²) in [5.41, 5.74) is 5.31. The number of nitrogens with one attached hydrogen (secondary N) is 1. The molecule has 1 N–H and O–H groups in total. The van der Waals surface area contributed by atoms with E-state index in [4.69, 9.17) is 0 Å². The Morgan fingerprint density at radius 3 is 3.06 bits per heavy atom. The molecule has 18 heavy (non-hydrogen) atoms. The van der Waals surface area contributed by atoms with Crippen molar-refractivity contribution in [2.75, 3.05) is 0 Å². The Labute approximate surface area is 108 Å². The third-order valence-corrected chi connectivity index (χ3v) is 3.67. The van der Waals surface area contributed by atoms with Gasteiger partial charge in [-0.25, -0.2) is 0 Å². The van der Waals surface area contributed by atoms with Gasteiger partial charge in [-0.15, -0.1) is 0 Å². The second-order valence-corrected chi connectivity index (χ2v) is 4.93. The highest BCUT2D eigenvalue weighted by Gasteiger charge is 2.22. The Kier molecular flexibility index (Phi) is 2.92. The number of nitrogens with zero attached hydrogens (tertiary/aromatic N) is 2. The highest BCUT2D eigenvalue weighted by molar-refractivity contribution is 5.34. The van der Waals surface area contributed by atoms with E-state index in [0.29, 0.717) is 6.04 Å². The van der Waals surface area contributed by atoms with Gasteiger partial charge in [0.15, 0.2) is 0 Å². The first-order chi connectivity index (χ1) is 8.78. The van der Waals surface area contributed by atoms with Crippen LogP contribution in [0.3, 0.4) is 0 Å². The lowest BCUT2D eigenvalue weighted by Gasteiger charge is -2.13. The fraction of sp³-hybridized carbons (Fsp3) is 0.400. The van der Waals surface area contributed by atoms with Crippen molar-refractivity contribution >= 4 is 0 Å². The summed E-state index contributed by atoms with van der Waals surface area (Å²) in [5, 5.41) is 8.11. The zero-order valence-corrected chi connectivity index (χ0v) is 11.0. The van der Waals surface area contributed by atoms with Gasteiger partial charge in [0.2, 0.25) is 0 Å². The van der Waals surface area contributed by atoms with E-state index in [1.807, 2.05) is 0 Å². The van der Waals surface area contributed by atoms with Crippen LogP contribution in [0.1, 0.15) is 35.5 Å². The molecule has 2 aromatic rings. The monoisotopic (exact) mass is 241 g/mol. The van der Waals surface area contributed by atoms with Gasteiger partial charge in [0.25, 0.3) is 0 Å². The summed E-state index contributed by atoms with van der Waals surface area (Å²) in [5.74, 6) is 0. The predicted octanol–water partition coefficient (Wildman–Crippen LogP) is 2.60. The fourth-order valence-corrected chi connectivity index (χ4v) is 2.81. The van der Waals surface area contributed by atoms with Crippen molar-refractivity contribution < 1.29 is 0 Å². The van der Waals surface area contributed by atoms with Crippen molar-refractivity contribution in [2.24, 2.45) is 0 Å². The normalized spacial score (nSPS) is 18.0. The zero-order chi connectivity index (χ0) is 12.5. The van der Waals surface area contributed by atoms with Crippen LogP contribution >= 0.6 is 0 Å². The molecule has 1 unspecified atom stereocenters. The van der Waals surface area contributed by atoms with E-state index in [1.165, 1.54) is 16.8 Å². The minimum Gasteiger partial charge on any atom is -0.305 e. The second kappa shape index (κ2) is 4.58. The van der Waals surface area contributed by atoms with E-state index in [-0.39, 0.29) is 0 Å². The number of aryl methyl sites for hydroxylation is 2. The lowest BCUT2D eigenvalue weighted by atomic mass is 10.0. The zero-order valence-electron chi connectivity index (χ0n) is 11.0. The SMILES string of the molecule is CCn1nc(C)cc1CC1NCc2ccccc21. The van der Waals surface area contributed by atoms with Crippen LogP contribution in [-0.2, 0) is 19.5 Å². The summed E-state index contributed by atoms with van der Waals surface area (Å²) in [4.78, 5) is 0. The number of hydrogen-bond acceptors (Lipinski definition) is 2. The largest absolute Gasteiger partial charge is 0.305 e. The van der Waals surface area contributed by atoms with Crippen molar-refractivity contribution in [3.05, 3.63) is 52.8 Å². The lowest BCUT2D eigenvalue weighted by Crippen LogP contribution is -2.17. The van der Waals surface area contributed by atoms with E-state index in [9.17, 15) is 0 Å². The molecule has 3 nitrogen and oxygen atoms in total. The van der Waals surface area contributed by atoms with E-state index >= 15 is 0 Å². The number of benzene rings is 1. The van der Waals surface area contributed by atoms with Crippen LogP contribution in [0.2, 0.25) is 0 Å². The van der Waals surface area contributed by atoms with Crippen molar-refractivity contribution in [1.82, 2.24) is 15.1 Å². The van der Waals surface area contributed by atoms with Crippen LogP contribution < -0.4 is 5.32 Å². The Balaban J connectivity index is 1.86. The molecule has 1 atom stereocenters. The Hall–Kier alpha value is -1.61. The first kappa shape index (κ1) is 11.5. The van der Waals surface area contributed by atoms with Crippen molar-refractivity contribution in [3.8, 4) is 0 Å². The molecule has 3 rings (SSSR count). The molecular weight excluding hydrogens is 222 g/mol. The molecular formula is C15H19N3. The van der Waals surface area contributed by atoms with E-state index in [1.54, 1.807) is 0 Å². The minimum absolute atomic E-state index is 0.433. The highest BCUT2D eigenvalue weighted by Crippen LogP contribution is 2.27. The number of hydrogen-bond donors (Lipinski definition) is 1. The topological polar surface area (TPSA) is 29.9 Å². The van der Waals surface area contributed by atoms with Crippen LogP contribution in [-0.4, -0.2) is 9.78 Å². The van der Waals surface area contributed by atoms with Gasteiger partial charge in [-0.1, -0.05) is 24.3 Å². The summed E-state index contributed by atoms with van der Waals surface area (Å²) in [6.07, 6.45) is 1.02. The molecule has 2 heterocycles. The fourth-order valence-electron chi connectivity index (χ4n) is 2.81. The lowest BCUT2D eigenvalue weighted by molar-refractivity contribution is 0.536. The smallest absolute Gasteiger partial charge is 0.0596 e. The van der Waals surface area contributed by atoms with E-state index in [0.717, 1.165) is 25.2 Å². The summed E-state index contributed by atoms with van der Waals surface area (Å²) in [6.45, 7) is 6.13. The Morgan fingerprint density at radius 1 is 1.39 bits per heavy atom. The van der Waals surface area contributed by atoms with E-state index < -0.39 is 0 Å². The number of aromatic nitrogens is 2. The van der Waals surface area contributed by atoms with Gasteiger partial charge in [-0.2, -0.15) is 5.10 Å². The van der Waals surface area contributed by atoms with Gasteiger partial charge in [0.05, 0.1) is 5.69 Å². The molecule has 0 bridgehead atoms.